The summed E-state index contributed by atoms with van der Waals surface area (Å²) in [7, 11) is 0. The Bertz CT molecular complexity index is 279. The quantitative estimate of drug-likeness (QED) is 0.521. The number of aryl methyl sites for hydroxylation is 1. The summed E-state index contributed by atoms with van der Waals surface area (Å²) in [5.41, 5.74) is 2.28. The molecule has 1 aliphatic carbocycles. The summed E-state index contributed by atoms with van der Waals surface area (Å²) < 4.78 is 1.24. The number of hydrogen-bond acceptors (Lipinski definition) is 1. The van der Waals surface area contributed by atoms with Crippen LogP contribution < -0.4 is 4.73 Å². The highest BCUT2D eigenvalue weighted by atomic mass is 16.5. The molecule has 0 aliphatic heterocycles. The van der Waals surface area contributed by atoms with E-state index in [1.54, 1.807) is 6.20 Å². The third kappa shape index (κ3) is 2.44. The molecule has 0 radical (unpaired) electrons. The third-order valence-electron chi connectivity index (χ3n) is 2.11. The first-order valence-electron chi connectivity index (χ1n) is 4.99. The van der Waals surface area contributed by atoms with E-state index < -0.39 is 0 Å². The predicted octanol–water partition coefficient (Wildman–Crippen LogP) is 2.42. The second-order valence-electron chi connectivity index (χ2n) is 3.25. The summed E-state index contributed by atoms with van der Waals surface area (Å²) in [5, 5.41) is 9.36. The lowest BCUT2D eigenvalue weighted by Gasteiger charge is -1.94. The van der Waals surface area contributed by atoms with Gasteiger partial charge in [-0.2, -0.15) is 0 Å². The van der Waals surface area contributed by atoms with Gasteiger partial charge in [0.05, 0.1) is 0 Å². The van der Waals surface area contributed by atoms with E-state index in [0.717, 1.165) is 5.69 Å². The molecule has 0 aromatic carbocycles. The van der Waals surface area contributed by atoms with Crippen LogP contribution in [0.5, 0.6) is 0 Å². The van der Waals surface area contributed by atoms with Crippen LogP contribution in [-0.4, -0.2) is 5.21 Å². The van der Waals surface area contributed by atoms with Crippen LogP contribution in [0.1, 0.15) is 43.9 Å². The highest BCUT2D eigenvalue weighted by molar-refractivity contribution is 5.16. The molecule has 1 aromatic rings. The van der Waals surface area contributed by atoms with E-state index in [1.807, 2.05) is 26.8 Å². The summed E-state index contributed by atoms with van der Waals surface area (Å²) in [6.07, 6.45) is 4.16. The molecule has 72 valence electrons. The molecule has 0 spiro atoms. The highest BCUT2D eigenvalue weighted by Gasteiger charge is 2.32. The Balaban J connectivity index is 0.000000396. The van der Waals surface area contributed by atoms with Gasteiger partial charge in [0, 0.05) is 22.8 Å². The number of rotatable bonds is 1. The summed E-state index contributed by atoms with van der Waals surface area (Å²) in [6.45, 7) is 6.05. The van der Waals surface area contributed by atoms with Crippen LogP contribution in [0.2, 0.25) is 0 Å². The third-order valence-corrected chi connectivity index (χ3v) is 2.11. The average molecular weight is 180 g/mol. The zero-order valence-corrected chi connectivity index (χ0v) is 8.62. The Morgan fingerprint density at radius 2 is 2.00 bits per heavy atom. The van der Waals surface area contributed by atoms with Gasteiger partial charge in [0.15, 0.2) is 0 Å². The van der Waals surface area contributed by atoms with E-state index in [0.29, 0.717) is 5.92 Å². The van der Waals surface area contributed by atoms with Crippen LogP contribution in [0, 0.1) is 6.92 Å². The van der Waals surface area contributed by atoms with Crippen molar-refractivity contribution in [2.75, 3.05) is 0 Å². The monoisotopic (exact) mass is 180 g/mol. The fraction of sp³-hybridized carbons (Fsp3) is 0.545. The predicted molar refractivity (Wildman–Crippen MR) is 51.9 cm³/mol. The maximum Gasteiger partial charge on any atom is 0.237 e. The number of nitrogens with zero attached hydrogens (tertiary/aromatic N) is 1. The fourth-order valence-electron chi connectivity index (χ4n) is 1.31. The normalized spacial score (nSPS) is 14.7. The van der Waals surface area contributed by atoms with E-state index in [9.17, 15) is 5.21 Å². The number of pyridine rings is 1. The van der Waals surface area contributed by atoms with Gasteiger partial charge in [-0.1, -0.05) is 13.8 Å². The topological polar surface area (TPSA) is 24.1 Å². The minimum Gasteiger partial charge on any atom is -0.285 e. The number of aromatic nitrogens is 1. The molecule has 2 rings (SSSR count). The molecule has 2 heteroatoms. The molecule has 0 bridgehead atoms. The van der Waals surface area contributed by atoms with Crippen molar-refractivity contribution in [2.45, 2.75) is 39.5 Å². The van der Waals surface area contributed by atoms with Crippen molar-refractivity contribution in [2.24, 2.45) is 0 Å². The van der Waals surface area contributed by atoms with E-state index >= 15 is 0 Å². The van der Waals surface area contributed by atoms with Gasteiger partial charge in [-0.25, -0.2) is 0 Å². The van der Waals surface area contributed by atoms with Crippen molar-refractivity contribution in [1.29, 1.82) is 0 Å². The van der Waals surface area contributed by atoms with Gasteiger partial charge >= 0.3 is 0 Å². The molecule has 13 heavy (non-hydrogen) atoms. The molecule has 1 saturated carbocycles. The average Bonchev–Trinajstić information content (AvgIpc) is 2.96. The molecule has 2 nitrogen and oxygen atoms in total. The maximum atomic E-state index is 9.36. The first-order valence-corrected chi connectivity index (χ1v) is 4.99. The molecule has 1 fully saturated rings. The van der Waals surface area contributed by atoms with E-state index in [-0.39, 0.29) is 0 Å². The Morgan fingerprint density at radius 1 is 1.38 bits per heavy atom. The Labute approximate surface area is 79.8 Å². The summed E-state index contributed by atoms with van der Waals surface area (Å²) in [6, 6.07) is 3.96. The zero-order valence-electron chi connectivity index (χ0n) is 8.62. The SMILES string of the molecule is CC.Cc1cc[n+](O)c(C2CC2)c1. The summed E-state index contributed by atoms with van der Waals surface area (Å²) >= 11 is 0. The Hall–Kier alpha value is -1.05. The van der Waals surface area contributed by atoms with E-state index in [2.05, 4.69) is 6.07 Å². The first-order chi connectivity index (χ1) is 6.27. The summed E-state index contributed by atoms with van der Waals surface area (Å²) in [4.78, 5) is 0. The molecular formula is C11H18NO+. The molecular weight excluding hydrogens is 162 g/mol. The lowest BCUT2D eigenvalue weighted by Crippen LogP contribution is -2.34. The van der Waals surface area contributed by atoms with Gasteiger partial charge in [0.2, 0.25) is 11.9 Å². The molecule has 0 atom stereocenters. The van der Waals surface area contributed by atoms with Crippen LogP contribution in [0.3, 0.4) is 0 Å². The molecule has 0 saturated heterocycles. The van der Waals surface area contributed by atoms with Crippen molar-refractivity contribution >= 4 is 0 Å². The molecule has 1 N–H and O–H groups in total. The Kier molecular flexibility index (Phi) is 3.29. The second kappa shape index (κ2) is 4.26. The van der Waals surface area contributed by atoms with Gasteiger partial charge < -0.3 is 0 Å². The van der Waals surface area contributed by atoms with Crippen molar-refractivity contribution in [3.63, 3.8) is 0 Å². The molecule has 1 heterocycles. The molecule has 1 aromatic heterocycles. The molecule has 0 amide bonds. The molecule has 0 unspecified atom stereocenters. The smallest absolute Gasteiger partial charge is 0.237 e. The van der Waals surface area contributed by atoms with Crippen molar-refractivity contribution in [3.8, 4) is 0 Å². The van der Waals surface area contributed by atoms with Crippen LogP contribution in [0.4, 0.5) is 0 Å². The number of hydrogen-bond donors (Lipinski definition) is 1. The van der Waals surface area contributed by atoms with Gasteiger partial charge in [-0.15, -0.1) is 0 Å². The summed E-state index contributed by atoms with van der Waals surface area (Å²) in [5.74, 6) is 0.611. The Morgan fingerprint density at radius 3 is 2.54 bits per heavy atom. The second-order valence-corrected chi connectivity index (χ2v) is 3.25. The fourth-order valence-corrected chi connectivity index (χ4v) is 1.31. The van der Waals surface area contributed by atoms with Gasteiger partial charge in [-0.05, 0) is 25.3 Å². The van der Waals surface area contributed by atoms with E-state index in [1.165, 1.54) is 23.1 Å². The lowest BCUT2D eigenvalue weighted by molar-refractivity contribution is -0.909. The van der Waals surface area contributed by atoms with Crippen molar-refractivity contribution in [3.05, 3.63) is 29.6 Å². The van der Waals surface area contributed by atoms with Crippen LogP contribution in [0.15, 0.2) is 18.3 Å². The minimum absolute atomic E-state index is 0.611. The lowest BCUT2D eigenvalue weighted by atomic mass is 10.2. The van der Waals surface area contributed by atoms with Gasteiger partial charge in [-0.3, -0.25) is 5.21 Å². The maximum absolute atomic E-state index is 9.36. The largest absolute Gasteiger partial charge is 0.285 e. The van der Waals surface area contributed by atoms with Crippen LogP contribution in [-0.2, 0) is 0 Å². The minimum atomic E-state index is 0.611. The highest BCUT2D eigenvalue weighted by Crippen LogP contribution is 2.38. The first kappa shape index (κ1) is 10.0. The van der Waals surface area contributed by atoms with E-state index in [4.69, 9.17) is 0 Å². The standard InChI is InChI=1S/C9H12NO.C2H6/c1-7-4-5-10(11)9(6-7)8-2-3-8;1-2/h4-6,8,11H,2-3H2,1H3;1-2H3/q+1;. The molecule has 1 aliphatic rings. The van der Waals surface area contributed by atoms with Crippen molar-refractivity contribution in [1.82, 2.24) is 0 Å². The van der Waals surface area contributed by atoms with Crippen LogP contribution in [0.25, 0.3) is 0 Å². The van der Waals surface area contributed by atoms with Gasteiger partial charge in [0.1, 0.15) is 0 Å². The van der Waals surface area contributed by atoms with Crippen molar-refractivity contribution < 1.29 is 9.94 Å². The van der Waals surface area contributed by atoms with Gasteiger partial charge in [0.25, 0.3) is 0 Å². The van der Waals surface area contributed by atoms with Crippen LogP contribution >= 0.6 is 0 Å². The zero-order chi connectivity index (χ0) is 9.84.